The number of carboxylic acids is 1. The molecular formula is C10H9N3O3. The maximum absolute atomic E-state index is 11.2. The molecule has 0 saturated carbocycles. The molecule has 2 N–H and O–H groups in total. The number of aromatic nitrogens is 2. The van der Waals surface area contributed by atoms with Crippen LogP contribution in [0.2, 0.25) is 0 Å². The lowest BCUT2D eigenvalue weighted by Gasteiger charge is -2.14. The van der Waals surface area contributed by atoms with Crippen molar-refractivity contribution in [1.82, 2.24) is 9.97 Å². The molecule has 0 aliphatic carbocycles. The van der Waals surface area contributed by atoms with Crippen molar-refractivity contribution in [2.45, 2.75) is 0 Å². The van der Waals surface area contributed by atoms with Gasteiger partial charge in [-0.05, 0) is 18.2 Å². The Bertz CT molecular complexity index is 561. The number of benzene rings is 1. The molecule has 0 atom stereocenters. The van der Waals surface area contributed by atoms with Crippen LogP contribution in [0.3, 0.4) is 0 Å². The van der Waals surface area contributed by atoms with Crippen LogP contribution in [0, 0.1) is 0 Å². The Morgan fingerprint density at radius 3 is 2.88 bits per heavy atom. The summed E-state index contributed by atoms with van der Waals surface area (Å²) in [6.07, 6.45) is 1.54. The summed E-state index contributed by atoms with van der Waals surface area (Å²) < 4.78 is 0. The van der Waals surface area contributed by atoms with Gasteiger partial charge in [-0.2, -0.15) is 0 Å². The van der Waals surface area contributed by atoms with Gasteiger partial charge < -0.3 is 15.0 Å². The van der Waals surface area contributed by atoms with E-state index in [1.165, 1.54) is 13.4 Å². The number of carboxylic acid groups (broad SMARTS) is 1. The molecule has 1 amide bonds. The van der Waals surface area contributed by atoms with Crippen molar-refractivity contribution in [2.75, 3.05) is 11.9 Å². The number of likely N-dealkylation sites (N-methyl/N-ethyl adjacent to an activating group) is 1. The van der Waals surface area contributed by atoms with Crippen LogP contribution in [0.4, 0.5) is 5.69 Å². The van der Waals surface area contributed by atoms with Crippen LogP contribution in [-0.4, -0.2) is 34.0 Å². The van der Waals surface area contributed by atoms with E-state index in [-0.39, 0.29) is 0 Å². The standard InChI is InChI=1S/C10H9N3O3/c1-13(9(14)10(15)16)6-2-3-7-8(4-6)12-5-11-7/h2-5H,1H3,(H,11,12)(H,15,16). The van der Waals surface area contributed by atoms with Crippen molar-refractivity contribution in [3.63, 3.8) is 0 Å². The van der Waals surface area contributed by atoms with E-state index in [9.17, 15) is 9.59 Å². The highest BCUT2D eigenvalue weighted by atomic mass is 16.4. The first-order chi connectivity index (χ1) is 7.59. The summed E-state index contributed by atoms with van der Waals surface area (Å²) in [7, 11) is 1.41. The van der Waals surface area contributed by atoms with Crippen LogP contribution in [0.25, 0.3) is 11.0 Å². The Labute approximate surface area is 90.5 Å². The molecule has 0 unspecified atom stereocenters. The highest BCUT2D eigenvalue weighted by Gasteiger charge is 2.18. The molecule has 0 aliphatic heterocycles. The molecule has 16 heavy (non-hydrogen) atoms. The van der Waals surface area contributed by atoms with E-state index in [4.69, 9.17) is 5.11 Å². The minimum absolute atomic E-state index is 0.504. The van der Waals surface area contributed by atoms with Gasteiger partial charge in [0, 0.05) is 12.7 Å². The number of nitrogens with one attached hydrogen (secondary N) is 1. The predicted molar refractivity (Wildman–Crippen MR) is 57.1 cm³/mol. The number of rotatable bonds is 1. The number of carbonyl (C=O) groups is 2. The Balaban J connectivity index is 2.39. The van der Waals surface area contributed by atoms with Crippen molar-refractivity contribution < 1.29 is 14.7 Å². The maximum atomic E-state index is 11.2. The van der Waals surface area contributed by atoms with E-state index in [0.717, 1.165) is 15.9 Å². The van der Waals surface area contributed by atoms with Gasteiger partial charge in [0.15, 0.2) is 0 Å². The van der Waals surface area contributed by atoms with Gasteiger partial charge in [-0.1, -0.05) is 0 Å². The second-order valence-corrected chi connectivity index (χ2v) is 3.27. The molecule has 2 aromatic rings. The van der Waals surface area contributed by atoms with Crippen LogP contribution in [-0.2, 0) is 9.59 Å². The molecule has 6 heteroatoms. The third-order valence-electron chi connectivity index (χ3n) is 2.28. The van der Waals surface area contributed by atoms with Gasteiger partial charge in [0.1, 0.15) is 0 Å². The van der Waals surface area contributed by atoms with Gasteiger partial charge in [-0.3, -0.25) is 4.79 Å². The van der Waals surface area contributed by atoms with Crippen LogP contribution >= 0.6 is 0 Å². The fraction of sp³-hybridized carbons (Fsp3) is 0.100. The van der Waals surface area contributed by atoms with Gasteiger partial charge >= 0.3 is 11.9 Å². The number of aliphatic carboxylic acids is 1. The van der Waals surface area contributed by atoms with Crippen LogP contribution in [0.5, 0.6) is 0 Å². The number of imidazole rings is 1. The van der Waals surface area contributed by atoms with E-state index in [1.807, 2.05) is 0 Å². The second kappa shape index (κ2) is 3.65. The minimum Gasteiger partial charge on any atom is -0.474 e. The summed E-state index contributed by atoms with van der Waals surface area (Å²) in [5, 5.41) is 8.58. The zero-order valence-corrected chi connectivity index (χ0v) is 8.47. The van der Waals surface area contributed by atoms with E-state index < -0.39 is 11.9 Å². The number of hydrogen-bond acceptors (Lipinski definition) is 3. The smallest absolute Gasteiger partial charge is 0.394 e. The summed E-state index contributed by atoms with van der Waals surface area (Å²) in [5.41, 5.74) is 2.02. The van der Waals surface area contributed by atoms with Crippen molar-refractivity contribution >= 4 is 28.6 Å². The van der Waals surface area contributed by atoms with Crippen LogP contribution in [0.1, 0.15) is 0 Å². The summed E-state index contributed by atoms with van der Waals surface area (Å²) in [6.45, 7) is 0. The van der Waals surface area contributed by atoms with Crippen molar-refractivity contribution in [2.24, 2.45) is 0 Å². The van der Waals surface area contributed by atoms with Gasteiger partial charge in [-0.15, -0.1) is 0 Å². The number of amides is 1. The molecular weight excluding hydrogens is 210 g/mol. The highest BCUT2D eigenvalue weighted by Crippen LogP contribution is 2.18. The number of aromatic amines is 1. The lowest BCUT2D eigenvalue weighted by molar-refractivity contribution is -0.148. The number of anilines is 1. The number of nitrogens with zero attached hydrogens (tertiary/aromatic N) is 2. The molecule has 82 valence electrons. The molecule has 0 aliphatic rings. The van der Waals surface area contributed by atoms with Crippen LogP contribution < -0.4 is 4.90 Å². The molecule has 1 aromatic carbocycles. The van der Waals surface area contributed by atoms with E-state index in [0.29, 0.717) is 5.69 Å². The monoisotopic (exact) mass is 219 g/mol. The predicted octanol–water partition coefficient (Wildman–Crippen LogP) is 0.610. The Morgan fingerprint density at radius 1 is 1.44 bits per heavy atom. The average molecular weight is 219 g/mol. The summed E-state index contributed by atoms with van der Waals surface area (Å²) in [6, 6.07) is 5.03. The normalized spacial score (nSPS) is 10.3. The maximum Gasteiger partial charge on any atom is 0.394 e. The van der Waals surface area contributed by atoms with Gasteiger partial charge in [0.25, 0.3) is 0 Å². The number of fused-ring (bicyclic) bond motifs is 1. The van der Waals surface area contributed by atoms with E-state index in [2.05, 4.69) is 9.97 Å². The zero-order valence-electron chi connectivity index (χ0n) is 8.47. The lowest BCUT2D eigenvalue weighted by Crippen LogP contribution is -2.32. The molecule has 6 nitrogen and oxygen atoms in total. The third-order valence-corrected chi connectivity index (χ3v) is 2.28. The second-order valence-electron chi connectivity index (χ2n) is 3.27. The molecule has 0 spiro atoms. The number of hydrogen-bond donors (Lipinski definition) is 2. The average Bonchev–Trinajstić information content (AvgIpc) is 2.73. The topological polar surface area (TPSA) is 86.3 Å². The Kier molecular flexibility index (Phi) is 2.32. The van der Waals surface area contributed by atoms with Gasteiger partial charge in [-0.25, -0.2) is 9.78 Å². The quantitative estimate of drug-likeness (QED) is 0.688. The van der Waals surface area contributed by atoms with Crippen molar-refractivity contribution in [3.8, 4) is 0 Å². The summed E-state index contributed by atoms with van der Waals surface area (Å²) >= 11 is 0. The van der Waals surface area contributed by atoms with E-state index >= 15 is 0 Å². The fourth-order valence-corrected chi connectivity index (χ4v) is 1.39. The van der Waals surface area contributed by atoms with E-state index in [1.54, 1.807) is 18.2 Å². The van der Waals surface area contributed by atoms with Gasteiger partial charge in [0.05, 0.1) is 17.4 Å². The fourth-order valence-electron chi connectivity index (χ4n) is 1.39. The summed E-state index contributed by atoms with van der Waals surface area (Å²) in [4.78, 5) is 29.7. The minimum atomic E-state index is -1.48. The lowest BCUT2D eigenvalue weighted by atomic mass is 10.2. The molecule has 0 fully saturated rings. The SMILES string of the molecule is CN(C(=O)C(=O)O)c1ccc2nc[nH]c2c1. The molecule has 1 heterocycles. The Hall–Kier alpha value is -2.37. The first kappa shape index (κ1) is 10.2. The molecule has 2 rings (SSSR count). The third kappa shape index (κ3) is 1.60. The zero-order chi connectivity index (χ0) is 11.7. The van der Waals surface area contributed by atoms with Crippen molar-refractivity contribution in [1.29, 1.82) is 0 Å². The summed E-state index contributed by atoms with van der Waals surface area (Å²) in [5.74, 6) is -2.45. The molecule has 0 bridgehead atoms. The number of carbonyl (C=O) groups excluding carboxylic acids is 1. The molecule has 1 aromatic heterocycles. The number of H-pyrrole nitrogens is 1. The van der Waals surface area contributed by atoms with Crippen LogP contribution in [0.15, 0.2) is 24.5 Å². The Morgan fingerprint density at radius 2 is 2.19 bits per heavy atom. The van der Waals surface area contributed by atoms with Gasteiger partial charge in [0.2, 0.25) is 0 Å². The first-order valence-electron chi connectivity index (χ1n) is 4.53. The molecule has 0 radical (unpaired) electrons. The first-order valence-corrected chi connectivity index (χ1v) is 4.53. The highest BCUT2D eigenvalue weighted by molar-refractivity contribution is 6.37. The molecule has 0 saturated heterocycles. The largest absolute Gasteiger partial charge is 0.474 e. The van der Waals surface area contributed by atoms with Crippen molar-refractivity contribution in [3.05, 3.63) is 24.5 Å².